The first-order valence-electron chi connectivity index (χ1n) is 8.00. The van der Waals surface area contributed by atoms with Crippen molar-refractivity contribution >= 4 is 35.3 Å². The zero-order valence-corrected chi connectivity index (χ0v) is 15.5. The van der Waals surface area contributed by atoms with Crippen LogP contribution in [0.1, 0.15) is 22.7 Å². The number of hydrogen-bond acceptors (Lipinski definition) is 4. The van der Waals surface area contributed by atoms with E-state index in [9.17, 15) is 4.79 Å². The largest absolute Gasteiger partial charge is 0.411 e. The molecule has 0 fully saturated rings. The molecule has 27 heavy (non-hydrogen) atoms. The average molecular weight is 400 g/mol. The van der Waals surface area contributed by atoms with Gasteiger partial charge in [0.2, 0.25) is 5.91 Å². The highest BCUT2D eigenvalue weighted by atomic mass is 35.5. The van der Waals surface area contributed by atoms with Gasteiger partial charge in [0.15, 0.2) is 0 Å². The minimum absolute atomic E-state index is 0.339. The maximum absolute atomic E-state index is 12.2. The third-order valence-electron chi connectivity index (χ3n) is 4.07. The smallest absolute Gasteiger partial charge is 0.231 e. The van der Waals surface area contributed by atoms with E-state index in [4.69, 9.17) is 34.1 Å². The summed E-state index contributed by atoms with van der Waals surface area (Å²) in [5, 5.41) is 12.6. The number of benzene rings is 2. The Labute approximate surface area is 166 Å². The number of nitrogens with zero attached hydrogens (tertiary/aromatic N) is 2. The van der Waals surface area contributed by atoms with E-state index in [0.29, 0.717) is 32.6 Å². The number of oxime groups is 1. The molecule has 0 aliphatic carbocycles. The zero-order valence-electron chi connectivity index (χ0n) is 14.0. The molecule has 3 aromatic rings. The van der Waals surface area contributed by atoms with Crippen LogP contribution in [-0.2, 0) is 4.79 Å². The fraction of sp³-hybridized carbons (Fsp3) is 0.0500. The van der Waals surface area contributed by atoms with Crippen molar-refractivity contribution in [3.8, 4) is 11.3 Å². The van der Waals surface area contributed by atoms with E-state index in [1.165, 1.54) is 6.21 Å². The van der Waals surface area contributed by atoms with Crippen molar-refractivity contribution in [3.63, 3.8) is 0 Å². The third kappa shape index (κ3) is 3.94. The first kappa shape index (κ1) is 18.9. The van der Waals surface area contributed by atoms with Crippen molar-refractivity contribution in [3.05, 3.63) is 87.5 Å². The summed E-state index contributed by atoms with van der Waals surface area (Å²) in [5.41, 5.74) is 8.51. The van der Waals surface area contributed by atoms with Crippen LogP contribution in [0.25, 0.3) is 11.3 Å². The van der Waals surface area contributed by atoms with Gasteiger partial charge in [0.1, 0.15) is 5.92 Å². The van der Waals surface area contributed by atoms with Crippen LogP contribution in [0.4, 0.5) is 0 Å². The van der Waals surface area contributed by atoms with Crippen LogP contribution < -0.4 is 5.73 Å². The summed E-state index contributed by atoms with van der Waals surface area (Å²) in [6, 6.07) is 17.5. The summed E-state index contributed by atoms with van der Waals surface area (Å²) >= 11 is 12.6. The molecule has 1 amide bonds. The van der Waals surface area contributed by atoms with Crippen LogP contribution in [0, 0.1) is 0 Å². The average Bonchev–Trinajstić information content (AvgIpc) is 2.65. The summed E-state index contributed by atoms with van der Waals surface area (Å²) in [6.45, 7) is 0. The van der Waals surface area contributed by atoms with E-state index in [0.717, 1.165) is 5.56 Å². The summed E-state index contributed by atoms with van der Waals surface area (Å²) in [5.74, 6) is -1.51. The quantitative estimate of drug-likeness (QED) is 0.376. The second-order valence-corrected chi connectivity index (χ2v) is 6.56. The number of primary amides is 1. The number of rotatable bonds is 5. The Morgan fingerprint density at radius 2 is 1.70 bits per heavy atom. The number of amides is 1. The van der Waals surface area contributed by atoms with E-state index in [-0.39, 0.29) is 0 Å². The van der Waals surface area contributed by atoms with Crippen LogP contribution in [-0.4, -0.2) is 22.3 Å². The molecule has 1 atom stereocenters. The van der Waals surface area contributed by atoms with Crippen molar-refractivity contribution in [2.75, 3.05) is 0 Å². The minimum Gasteiger partial charge on any atom is -0.411 e. The van der Waals surface area contributed by atoms with E-state index >= 15 is 0 Å². The molecule has 1 aromatic heterocycles. The Morgan fingerprint density at radius 1 is 1.04 bits per heavy atom. The third-order valence-corrected chi connectivity index (χ3v) is 4.73. The summed E-state index contributed by atoms with van der Waals surface area (Å²) in [4.78, 5) is 16.8. The van der Waals surface area contributed by atoms with Gasteiger partial charge in [-0.25, -0.2) is 0 Å². The molecule has 2 aromatic carbocycles. The van der Waals surface area contributed by atoms with Crippen LogP contribution in [0.5, 0.6) is 0 Å². The zero-order chi connectivity index (χ0) is 19.4. The van der Waals surface area contributed by atoms with E-state index in [1.54, 1.807) is 42.5 Å². The number of nitrogens with two attached hydrogens (primary N) is 1. The highest BCUT2D eigenvalue weighted by molar-refractivity contribution is 6.36. The summed E-state index contributed by atoms with van der Waals surface area (Å²) in [6.07, 6.45) is 1.32. The van der Waals surface area contributed by atoms with Gasteiger partial charge in [0, 0.05) is 26.7 Å². The Bertz CT molecular complexity index is 1000. The number of halogens is 2. The topological polar surface area (TPSA) is 88.6 Å². The van der Waals surface area contributed by atoms with Crippen molar-refractivity contribution in [1.29, 1.82) is 0 Å². The van der Waals surface area contributed by atoms with Gasteiger partial charge in [0.05, 0.1) is 17.6 Å². The molecule has 136 valence electrons. The van der Waals surface area contributed by atoms with Crippen molar-refractivity contribution < 1.29 is 10.0 Å². The molecule has 0 bridgehead atoms. The van der Waals surface area contributed by atoms with Gasteiger partial charge in [-0.05, 0) is 24.3 Å². The van der Waals surface area contributed by atoms with Gasteiger partial charge in [-0.3, -0.25) is 9.78 Å². The van der Waals surface area contributed by atoms with Gasteiger partial charge in [-0.15, -0.1) is 0 Å². The molecule has 0 aliphatic rings. The molecular formula is C20H15Cl2N3O2. The van der Waals surface area contributed by atoms with Gasteiger partial charge in [-0.2, -0.15) is 0 Å². The Balaban J connectivity index is 2.15. The van der Waals surface area contributed by atoms with Crippen LogP contribution >= 0.6 is 23.2 Å². The second-order valence-electron chi connectivity index (χ2n) is 5.75. The van der Waals surface area contributed by atoms with Crippen LogP contribution in [0.15, 0.2) is 65.8 Å². The Morgan fingerprint density at radius 3 is 2.37 bits per heavy atom. The van der Waals surface area contributed by atoms with E-state index in [1.807, 2.05) is 18.2 Å². The summed E-state index contributed by atoms with van der Waals surface area (Å²) < 4.78 is 0. The SMILES string of the molecule is NC(=O)C(c1cccc(-c2ccccc2/C=N\O)n1)c1c(Cl)cccc1Cl. The highest BCUT2D eigenvalue weighted by Gasteiger charge is 2.27. The van der Waals surface area contributed by atoms with Crippen molar-refractivity contribution in [2.45, 2.75) is 5.92 Å². The molecule has 3 N–H and O–H groups in total. The van der Waals surface area contributed by atoms with Crippen molar-refractivity contribution in [1.82, 2.24) is 4.98 Å². The maximum atomic E-state index is 12.2. The molecule has 3 rings (SSSR count). The predicted octanol–water partition coefficient (Wildman–Crippen LogP) is 4.48. The molecule has 7 heteroatoms. The molecule has 0 saturated heterocycles. The van der Waals surface area contributed by atoms with Crippen molar-refractivity contribution in [2.24, 2.45) is 10.9 Å². The first-order chi connectivity index (χ1) is 13.0. The first-order valence-corrected chi connectivity index (χ1v) is 8.75. The lowest BCUT2D eigenvalue weighted by molar-refractivity contribution is -0.118. The maximum Gasteiger partial charge on any atom is 0.231 e. The number of hydrogen-bond donors (Lipinski definition) is 2. The monoisotopic (exact) mass is 399 g/mol. The van der Waals surface area contributed by atoms with E-state index < -0.39 is 11.8 Å². The lowest BCUT2D eigenvalue weighted by Gasteiger charge is -2.17. The Kier molecular flexibility index (Phi) is 5.74. The lowest BCUT2D eigenvalue weighted by atomic mass is 9.93. The molecular weight excluding hydrogens is 385 g/mol. The lowest BCUT2D eigenvalue weighted by Crippen LogP contribution is -2.24. The Hall–Kier alpha value is -2.89. The normalized spacial score (nSPS) is 12.2. The minimum atomic E-state index is -0.898. The standard InChI is InChI=1S/C20H15Cl2N3O2/c21-14-7-3-8-15(22)18(14)19(20(23)26)17-10-4-9-16(25-17)13-6-2-1-5-12(13)11-24-27/h1-11,19,27H,(H2,23,26)/b24-11-. The number of aromatic nitrogens is 1. The number of carbonyl (C=O) groups excluding carboxylic acids is 1. The molecule has 5 nitrogen and oxygen atoms in total. The van der Waals surface area contributed by atoms with Gasteiger partial charge in [-0.1, -0.05) is 64.8 Å². The number of carbonyl (C=O) groups is 1. The fourth-order valence-electron chi connectivity index (χ4n) is 2.89. The molecule has 0 spiro atoms. The summed E-state index contributed by atoms with van der Waals surface area (Å²) in [7, 11) is 0. The molecule has 0 radical (unpaired) electrons. The predicted molar refractivity (Wildman–Crippen MR) is 107 cm³/mol. The van der Waals surface area contributed by atoms with Gasteiger partial charge < -0.3 is 10.9 Å². The number of pyridine rings is 1. The second kappa shape index (κ2) is 8.20. The highest BCUT2D eigenvalue weighted by Crippen LogP contribution is 2.35. The van der Waals surface area contributed by atoms with Gasteiger partial charge >= 0.3 is 0 Å². The molecule has 1 heterocycles. The van der Waals surface area contributed by atoms with Gasteiger partial charge in [0.25, 0.3) is 0 Å². The van der Waals surface area contributed by atoms with Crippen LogP contribution in [0.2, 0.25) is 10.0 Å². The molecule has 0 aliphatic heterocycles. The molecule has 1 unspecified atom stereocenters. The van der Waals surface area contributed by atoms with Crippen LogP contribution in [0.3, 0.4) is 0 Å². The molecule has 0 saturated carbocycles. The van der Waals surface area contributed by atoms with E-state index in [2.05, 4.69) is 10.1 Å². The fourth-order valence-corrected chi connectivity index (χ4v) is 3.51.